The van der Waals surface area contributed by atoms with E-state index in [1.807, 2.05) is 0 Å². The molecule has 0 aromatic carbocycles. The number of nitrogens with zero attached hydrogens (tertiary/aromatic N) is 1. The number of nitrogens with one attached hydrogen (secondary N) is 6. The van der Waals surface area contributed by atoms with Gasteiger partial charge in [0, 0.05) is 95.3 Å². The topological polar surface area (TPSA) is 495 Å². The SMILES string of the molecule is C[C@@H](O)C(NC(=O)C(CCCCNC(=O)COCCOCCNC(=O)COCCOCCCC(=O)CC[C@H](NC(=O)CC[C@H](CC(=O)CC[C@H](NC(=O)CCCCCCCCCCCCCCCCC(=O)O)C(=O)O)C(=O)O)C(=O)O)CCC(=O)[C@@H](N)Cc1cnc[nH]1)C(=O)O. The number of carbonyl (C=O) groups excluding carboxylic acids is 8. The van der Waals surface area contributed by atoms with Crippen LogP contribution in [-0.2, 0) is 87.7 Å². The molecule has 14 N–H and O–H groups in total. The molecule has 31 heteroatoms. The van der Waals surface area contributed by atoms with Crippen molar-refractivity contribution in [2.24, 2.45) is 17.6 Å². The molecule has 0 saturated heterocycles. The molecule has 5 amide bonds. The van der Waals surface area contributed by atoms with E-state index < -0.39 is 120 Å². The number of Topliss-reactive ketones (excluding diaryl/α,β-unsaturated/α-hetero) is 3. The molecular formula is C65H108N8O23. The van der Waals surface area contributed by atoms with Gasteiger partial charge in [-0.1, -0.05) is 83.5 Å². The van der Waals surface area contributed by atoms with Crippen LogP contribution in [0.15, 0.2) is 12.5 Å². The van der Waals surface area contributed by atoms with Gasteiger partial charge >= 0.3 is 29.8 Å². The molecule has 1 aromatic rings. The van der Waals surface area contributed by atoms with E-state index in [0.717, 1.165) is 70.6 Å². The van der Waals surface area contributed by atoms with Gasteiger partial charge in [-0.2, -0.15) is 0 Å². The molecule has 1 aromatic heterocycles. The van der Waals surface area contributed by atoms with Gasteiger partial charge in [0.2, 0.25) is 29.5 Å². The van der Waals surface area contributed by atoms with Crippen LogP contribution in [0.1, 0.15) is 205 Å². The van der Waals surface area contributed by atoms with E-state index in [1.165, 1.54) is 26.1 Å². The van der Waals surface area contributed by atoms with Crippen LogP contribution in [0.25, 0.3) is 0 Å². The minimum Gasteiger partial charge on any atom is -0.481 e. The van der Waals surface area contributed by atoms with Gasteiger partial charge in [0.15, 0.2) is 6.04 Å². The molecule has 0 aliphatic rings. The molecule has 1 rings (SSSR count). The first-order chi connectivity index (χ1) is 45.9. The Morgan fingerprint density at radius 2 is 0.969 bits per heavy atom. The molecule has 546 valence electrons. The summed E-state index contributed by atoms with van der Waals surface area (Å²) in [5, 5.41) is 69.5. The number of imidazole rings is 1. The third kappa shape index (κ3) is 46.7. The number of unbranched alkanes of at least 4 members (excludes halogenated alkanes) is 14. The summed E-state index contributed by atoms with van der Waals surface area (Å²) in [4.78, 5) is 165. The van der Waals surface area contributed by atoms with Gasteiger partial charge in [0.05, 0.1) is 57.4 Å². The van der Waals surface area contributed by atoms with Gasteiger partial charge in [-0.05, 0) is 64.7 Å². The number of rotatable bonds is 65. The van der Waals surface area contributed by atoms with E-state index in [-0.39, 0.29) is 155 Å². The number of aromatic amines is 1. The fourth-order valence-electron chi connectivity index (χ4n) is 10.0. The van der Waals surface area contributed by atoms with Crippen LogP contribution in [0, 0.1) is 11.8 Å². The molecule has 7 atom stereocenters. The average molecular weight is 1370 g/mol. The molecule has 0 spiro atoms. The minimum atomic E-state index is -1.54. The lowest BCUT2D eigenvalue weighted by Crippen LogP contribution is -2.49. The van der Waals surface area contributed by atoms with Crippen molar-refractivity contribution in [3.05, 3.63) is 18.2 Å². The number of carboxylic acids is 5. The standard InChI is InChI=1S/C65H108N8O23/c1-45(74)60(65(91)92)73-61(84)46(23-29-54(77)51(66)40-48-41-67-44-70-48)19-16-17-31-68-57(80)42-96-38-36-94-34-32-69-58(81)43-95-37-35-93-33-18-20-49(75)25-27-52(63(87)88)72-56(79)30-24-47(62(85)86)39-50(76)26-28-53(64(89)90)71-55(78)21-14-12-10-8-6-4-2-3-5-7-9-11-13-15-22-59(82)83/h41,44-47,51-53,60,74H,2-40,42-43,66H2,1H3,(H,67,70)(H,68,80)(H,69,81)(H,71,78)(H,72,79)(H,73,84)(H,82,83)(H,85,86)(H,87,88)(H,89,90)(H,91,92)/t45-,46?,47-,51+,52+,53+,60?/m1/s1. The Kier molecular flexibility index (Phi) is 49.5. The van der Waals surface area contributed by atoms with Crippen LogP contribution < -0.4 is 32.3 Å². The van der Waals surface area contributed by atoms with E-state index in [2.05, 4.69) is 36.6 Å². The number of H-pyrrole nitrogens is 1. The first-order valence-corrected chi connectivity index (χ1v) is 33.7. The fourth-order valence-corrected chi connectivity index (χ4v) is 10.0. The zero-order valence-electron chi connectivity index (χ0n) is 55.8. The molecule has 0 fully saturated rings. The van der Waals surface area contributed by atoms with Crippen molar-refractivity contribution >= 4 is 76.7 Å². The predicted molar refractivity (Wildman–Crippen MR) is 346 cm³/mol. The highest BCUT2D eigenvalue weighted by atomic mass is 16.5. The van der Waals surface area contributed by atoms with Crippen molar-refractivity contribution in [2.75, 3.05) is 65.9 Å². The molecule has 0 saturated carbocycles. The van der Waals surface area contributed by atoms with Gasteiger partial charge in [-0.25, -0.2) is 19.4 Å². The van der Waals surface area contributed by atoms with Crippen molar-refractivity contribution in [1.82, 2.24) is 36.6 Å². The smallest absolute Gasteiger partial charge is 0.328 e. The van der Waals surface area contributed by atoms with E-state index in [4.69, 9.17) is 29.8 Å². The maximum Gasteiger partial charge on any atom is 0.328 e. The van der Waals surface area contributed by atoms with Crippen LogP contribution in [0.4, 0.5) is 0 Å². The largest absolute Gasteiger partial charge is 0.481 e. The number of ketones is 3. The lowest BCUT2D eigenvalue weighted by Gasteiger charge is -2.22. The minimum absolute atomic E-state index is 0.0353. The second kappa shape index (κ2) is 54.8. The van der Waals surface area contributed by atoms with E-state index in [1.54, 1.807) is 6.20 Å². The Morgan fingerprint density at radius 1 is 0.469 bits per heavy atom. The summed E-state index contributed by atoms with van der Waals surface area (Å²) in [5.74, 6) is -12.3. The Bertz CT molecular complexity index is 2470. The average Bonchev–Trinajstić information content (AvgIpc) is 1.28. The van der Waals surface area contributed by atoms with Crippen LogP contribution in [0.3, 0.4) is 0 Å². The third-order valence-electron chi connectivity index (χ3n) is 15.7. The lowest BCUT2D eigenvalue weighted by atomic mass is 9.92. The number of aromatic nitrogens is 2. The number of carboxylic acid groups (broad SMARTS) is 5. The summed E-state index contributed by atoms with van der Waals surface area (Å²) < 4.78 is 21.5. The first kappa shape index (κ1) is 86.7. The summed E-state index contributed by atoms with van der Waals surface area (Å²) >= 11 is 0. The molecule has 0 aliphatic carbocycles. The highest BCUT2D eigenvalue weighted by molar-refractivity contribution is 5.89. The number of nitrogens with two attached hydrogens (primary N) is 1. The third-order valence-corrected chi connectivity index (χ3v) is 15.7. The monoisotopic (exact) mass is 1370 g/mol. The maximum atomic E-state index is 13.1. The van der Waals surface area contributed by atoms with Crippen molar-refractivity contribution in [2.45, 2.75) is 236 Å². The van der Waals surface area contributed by atoms with Gasteiger partial charge in [0.25, 0.3) is 0 Å². The van der Waals surface area contributed by atoms with Gasteiger partial charge in [-0.3, -0.25) is 47.9 Å². The Labute approximate surface area is 561 Å². The lowest BCUT2D eigenvalue weighted by molar-refractivity contribution is -0.145. The zero-order valence-corrected chi connectivity index (χ0v) is 55.8. The summed E-state index contributed by atoms with van der Waals surface area (Å²) in [7, 11) is 0. The summed E-state index contributed by atoms with van der Waals surface area (Å²) in [5.41, 5.74) is 6.72. The normalized spacial score (nSPS) is 13.4. The van der Waals surface area contributed by atoms with Gasteiger partial charge < -0.3 is 86.9 Å². The zero-order chi connectivity index (χ0) is 71.3. The van der Waals surface area contributed by atoms with Crippen LogP contribution in [0.2, 0.25) is 0 Å². The fraction of sp³-hybridized carbons (Fsp3) is 0.754. The van der Waals surface area contributed by atoms with Gasteiger partial charge in [0.1, 0.15) is 42.6 Å². The summed E-state index contributed by atoms with van der Waals surface area (Å²) in [6, 6.07) is -5.18. The first-order valence-electron chi connectivity index (χ1n) is 33.7. The molecular weight excluding hydrogens is 1260 g/mol. The van der Waals surface area contributed by atoms with Crippen LogP contribution in [0.5, 0.6) is 0 Å². The summed E-state index contributed by atoms with van der Waals surface area (Å²) in [6.45, 7) is 1.88. The molecule has 31 nitrogen and oxygen atoms in total. The number of amides is 5. The Morgan fingerprint density at radius 3 is 1.48 bits per heavy atom. The van der Waals surface area contributed by atoms with E-state index >= 15 is 0 Å². The van der Waals surface area contributed by atoms with Crippen LogP contribution >= 0.6 is 0 Å². The Balaban J connectivity index is 2.18. The molecule has 0 radical (unpaired) electrons. The van der Waals surface area contributed by atoms with Crippen molar-refractivity contribution in [3.63, 3.8) is 0 Å². The van der Waals surface area contributed by atoms with Crippen molar-refractivity contribution < 1.29 is 112 Å². The molecule has 0 bridgehead atoms. The molecule has 1 heterocycles. The number of aliphatic hydroxyl groups is 1. The number of aliphatic carboxylic acids is 5. The number of carbonyl (C=O) groups is 13. The number of hydrogen-bond donors (Lipinski definition) is 13. The quantitative estimate of drug-likeness (QED) is 0.0415. The second-order valence-electron chi connectivity index (χ2n) is 24.0. The van der Waals surface area contributed by atoms with E-state index in [0.29, 0.717) is 31.4 Å². The maximum absolute atomic E-state index is 13.1. The predicted octanol–water partition coefficient (Wildman–Crippen LogP) is 3.48. The highest BCUT2D eigenvalue weighted by Gasteiger charge is 2.31. The van der Waals surface area contributed by atoms with Crippen molar-refractivity contribution in [1.29, 1.82) is 0 Å². The number of aliphatic hydroxyl groups excluding tert-OH is 1. The molecule has 0 aliphatic heterocycles. The Hall–Kier alpha value is -7.32. The van der Waals surface area contributed by atoms with Crippen LogP contribution in [-0.4, -0.2) is 214 Å². The van der Waals surface area contributed by atoms with Gasteiger partial charge in [-0.15, -0.1) is 0 Å². The highest BCUT2D eigenvalue weighted by Crippen LogP contribution is 2.20. The number of hydrogen-bond acceptors (Lipinski definition) is 20. The summed E-state index contributed by atoms with van der Waals surface area (Å²) in [6.07, 6.45) is 15.6. The second-order valence-corrected chi connectivity index (χ2v) is 24.0. The van der Waals surface area contributed by atoms with Crippen molar-refractivity contribution in [3.8, 4) is 0 Å². The molecule has 2 unspecified atom stereocenters. The molecule has 96 heavy (non-hydrogen) atoms. The van der Waals surface area contributed by atoms with E-state index in [9.17, 15) is 87.9 Å². The number of ether oxygens (including phenoxy) is 4.